The number of carboxylic acid groups (broad SMARTS) is 1. The highest BCUT2D eigenvalue weighted by molar-refractivity contribution is 6.42. The van der Waals surface area contributed by atoms with Crippen molar-refractivity contribution in [3.63, 3.8) is 0 Å². The number of aromatic amines is 1. The molecule has 3 aromatic rings. The summed E-state index contributed by atoms with van der Waals surface area (Å²) in [5.41, 5.74) is 0.766. The number of H-pyrrole nitrogens is 1. The minimum Gasteiger partial charge on any atom is -0.465 e. The largest absolute Gasteiger partial charge is 0.465 e. The molecule has 0 fully saturated rings. The van der Waals surface area contributed by atoms with Crippen molar-refractivity contribution in [2.24, 2.45) is 5.41 Å². The van der Waals surface area contributed by atoms with E-state index in [1.165, 1.54) is 11.1 Å². The summed E-state index contributed by atoms with van der Waals surface area (Å²) in [7, 11) is 0. The zero-order valence-electron chi connectivity index (χ0n) is 20.7. The molecule has 196 valence electrons. The van der Waals surface area contributed by atoms with E-state index in [1.807, 2.05) is 32.3 Å². The first-order valence-electron chi connectivity index (χ1n) is 11.7. The van der Waals surface area contributed by atoms with E-state index >= 15 is 0 Å². The Labute approximate surface area is 219 Å². The van der Waals surface area contributed by atoms with Crippen molar-refractivity contribution in [2.75, 3.05) is 5.32 Å². The number of carbonyl (C=O) groups is 2. The molecule has 10 nitrogen and oxygen atoms in total. The number of halogens is 2. The second-order valence-corrected chi connectivity index (χ2v) is 10.7. The first-order chi connectivity index (χ1) is 16.9. The number of amides is 2. The molecule has 0 saturated heterocycles. The van der Waals surface area contributed by atoms with Crippen LogP contribution in [0.15, 0.2) is 30.7 Å². The fourth-order valence-electron chi connectivity index (χ4n) is 4.24. The summed E-state index contributed by atoms with van der Waals surface area (Å²) in [5.74, 6) is -0.406. The van der Waals surface area contributed by atoms with E-state index in [4.69, 9.17) is 23.2 Å². The maximum atomic E-state index is 12.9. The van der Waals surface area contributed by atoms with E-state index in [0.29, 0.717) is 39.7 Å². The summed E-state index contributed by atoms with van der Waals surface area (Å²) in [6, 6.07) is 3.28. The number of carbonyl (C=O) groups excluding carboxylic acids is 1. The summed E-state index contributed by atoms with van der Waals surface area (Å²) >= 11 is 12.4. The Hall–Kier alpha value is -2.82. The lowest BCUT2D eigenvalue weighted by atomic mass is 9.83. The Morgan fingerprint density at radius 2 is 1.94 bits per heavy atom. The molecule has 12 heteroatoms. The predicted octanol–water partition coefficient (Wildman–Crippen LogP) is 5.02. The van der Waals surface area contributed by atoms with Gasteiger partial charge in [0.1, 0.15) is 5.82 Å². The number of fused-ring (bicyclic) bond motifs is 1. The average molecular weight is 539 g/mol. The minimum absolute atomic E-state index is 0.224. The molecule has 0 spiro atoms. The number of anilines is 1. The number of imidazole rings is 1. The molecular formula is C24H32Cl2N6O4. The van der Waals surface area contributed by atoms with Crippen molar-refractivity contribution in [3.8, 4) is 0 Å². The number of nitrogens with zero attached hydrogens (tertiary/aromatic N) is 4. The van der Waals surface area contributed by atoms with E-state index in [-0.39, 0.29) is 6.54 Å². The van der Waals surface area contributed by atoms with Crippen molar-refractivity contribution in [2.45, 2.75) is 71.7 Å². The van der Waals surface area contributed by atoms with Crippen molar-refractivity contribution in [1.82, 2.24) is 24.6 Å². The van der Waals surface area contributed by atoms with Gasteiger partial charge in [-0.3, -0.25) is 14.8 Å². The van der Waals surface area contributed by atoms with Crippen molar-refractivity contribution in [1.29, 1.82) is 0 Å². The Kier molecular flexibility index (Phi) is 8.86. The van der Waals surface area contributed by atoms with Crippen LogP contribution in [0, 0.1) is 5.41 Å². The van der Waals surface area contributed by atoms with Crippen LogP contribution in [0.5, 0.6) is 0 Å². The lowest BCUT2D eigenvalue weighted by Crippen LogP contribution is -2.59. The number of rotatable bonds is 10. The van der Waals surface area contributed by atoms with Crippen LogP contribution >= 0.6 is 23.2 Å². The van der Waals surface area contributed by atoms with Crippen LogP contribution in [-0.4, -0.2) is 65.0 Å². The molecule has 3 rings (SSSR count). The topological polar surface area (TPSA) is 136 Å². The van der Waals surface area contributed by atoms with Gasteiger partial charge < -0.3 is 20.1 Å². The number of unbranched alkanes of at least 4 members (excludes halogenated alkanes) is 1. The summed E-state index contributed by atoms with van der Waals surface area (Å²) in [5, 5.41) is 31.2. The van der Waals surface area contributed by atoms with E-state index in [1.54, 1.807) is 24.5 Å². The molecule has 2 amide bonds. The molecule has 4 N–H and O–H groups in total. The third-order valence-corrected chi connectivity index (χ3v) is 6.91. The monoisotopic (exact) mass is 538 g/mol. The number of hydrogen-bond donors (Lipinski definition) is 4. The van der Waals surface area contributed by atoms with Gasteiger partial charge in [-0.15, -0.1) is 0 Å². The van der Waals surface area contributed by atoms with E-state index in [9.17, 15) is 19.8 Å². The number of hydrogen-bond acceptors (Lipinski definition) is 5. The Morgan fingerprint density at radius 1 is 1.25 bits per heavy atom. The molecule has 0 saturated carbocycles. The van der Waals surface area contributed by atoms with Gasteiger partial charge in [0.25, 0.3) is 5.91 Å². The fourth-order valence-corrected chi connectivity index (χ4v) is 4.56. The molecule has 0 aliphatic carbocycles. The molecule has 2 aromatic heterocycles. The van der Waals surface area contributed by atoms with Gasteiger partial charge in [-0.25, -0.2) is 9.78 Å². The zero-order chi connectivity index (χ0) is 26.6. The minimum atomic E-state index is -1.60. The average Bonchev–Trinajstić information content (AvgIpc) is 3.44. The highest BCUT2D eigenvalue weighted by Gasteiger charge is 2.42. The normalized spacial score (nSPS) is 14.4. The van der Waals surface area contributed by atoms with Gasteiger partial charge in [0.2, 0.25) is 0 Å². The second kappa shape index (κ2) is 11.5. The van der Waals surface area contributed by atoms with Gasteiger partial charge in [-0.05, 0) is 24.0 Å². The number of aliphatic hydroxyl groups is 1. The molecule has 0 aliphatic rings. The Bertz CT molecular complexity index is 1190. The van der Waals surface area contributed by atoms with E-state index in [0.717, 1.165) is 6.42 Å². The number of nitrogens with one attached hydrogen (secondary N) is 2. The van der Waals surface area contributed by atoms with E-state index < -0.39 is 35.6 Å². The van der Waals surface area contributed by atoms with Gasteiger partial charge >= 0.3 is 6.09 Å². The smallest absolute Gasteiger partial charge is 0.407 e. The lowest BCUT2D eigenvalue weighted by Gasteiger charge is -2.44. The van der Waals surface area contributed by atoms with Crippen LogP contribution in [0.2, 0.25) is 10.0 Å². The van der Waals surface area contributed by atoms with Gasteiger partial charge in [0.15, 0.2) is 6.10 Å². The number of benzene rings is 1. The van der Waals surface area contributed by atoms with Crippen molar-refractivity contribution in [3.05, 3.63) is 40.8 Å². The first-order valence-corrected chi connectivity index (χ1v) is 12.5. The highest BCUT2D eigenvalue weighted by atomic mass is 35.5. The lowest BCUT2D eigenvalue weighted by molar-refractivity contribution is -0.128. The Balaban J connectivity index is 2.00. The summed E-state index contributed by atoms with van der Waals surface area (Å²) in [4.78, 5) is 31.2. The quantitative estimate of drug-likeness (QED) is 0.286. The van der Waals surface area contributed by atoms with Crippen LogP contribution < -0.4 is 5.32 Å². The summed E-state index contributed by atoms with van der Waals surface area (Å²) < 4.78 is 1.82. The summed E-state index contributed by atoms with van der Waals surface area (Å²) in [6.45, 7) is 7.95. The third kappa shape index (κ3) is 6.29. The van der Waals surface area contributed by atoms with Gasteiger partial charge in [-0.1, -0.05) is 63.7 Å². The van der Waals surface area contributed by atoms with Crippen molar-refractivity contribution >= 4 is 52.1 Å². The van der Waals surface area contributed by atoms with Gasteiger partial charge in [-0.2, -0.15) is 5.10 Å². The first kappa shape index (κ1) is 27.8. The molecule has 0 aliphatic heterocycles. The van der Waals surface area contributed by atoms with Crippen molar-refractivity contribution < 1.29 is 19.8 Å². The fraction of sp³-hybridized carbons (Fsp3) is 0.500. The maximum absolute atomic E-state index is 12.9. The third-order valence-electron chi connectivity index (χ3n) is 6.19. The van der Waals surface area contributed by atoms with Crippen LogP contribution in [0.1, 0.15) is 47.0 Å². The van der Waals surface area contributed by atoms with Crippen LogP contribution in [-0.2, 0) is 11.3 Å². The molecule has 3 atom stereocenters. The zero-order valence-corrected chi connectivity index (χ0v) is 22.2. The molecular weight excluding hydrogens is 507 g/mol. The van der Waals surface area contributed by atoms with Crippen LogP contribution in [0.3, 0.4) is 0 Å². The predicted molar refractivity (Wildman–Crippen MR) is 139 cm³/mol. The maximum Gasteiger partial charge on any atom is 0.407 e. The molecule has 0 unspecified atom stereocenters. The highest BCUT2D eigenvalue weighted by Crippen LogP contribution is 2.33. The Morgan fingerprint density at radius 3 is 2.53 bits per heavy atom. The standard InChI is InChI=1S/C24H32Cl2N6O4/c1-5-6-7-17(21(33)22(34)29-20-8-9-28-30-20)32(23(35)36)19(24(2,3)4)12-31-13-27-16-10-14(25)15(26)11-18(16)31/h8-11,13,17,19,21,33H,5-7,12H2,1-4H3,(H,35,36)(H2,28,29,30,34)/t17-,19+,21-/m0/s1. The number of aromatic nitrogens is 4. The number of aliphatic hydroxyl groups excluding tert-OH is 1. The SMILES string of the molecule is CCCC[C@@H]([C@H](O)C(=O)Nc1ccn[nH]1)N(C(=O)O)[C@H](Cn1cnc2cc(Cl)c(Cl)cc21)C(C)(C)C. The van der Waals surface area contributed by atoms with Crippen LogP contribution in [0.4, 0.5) is 10.6 Å². The molecule has 0 bridgehead atoms. The molecule has 36 heavy (non-hydrogen) atoms. The molecule has 1 aromatic carbocycles. The van der Waals surface area contributed by atoms with Gasteiger partial charge in [0.05, 0.1) is 45.7 Å². The molecule has 2 heterocycles. The van der Waals surface area contributed by atoms with Crippen LogP contribution in [0.25, 0.3) is 11.0 Å². The second-order valence-electron chi connectivity index (χ2n) is 9.84. The van der Waals surface area contributed by atoms with E-state index in [2.05, 4.69) is 20.5 Å². The van der Waals surface area contributed by atoms with Gasteiger partial charge in [0, 0.05) is 12.6 Å². The molecule has 0 radical (unpaired) electrons. The summed E-state index contributed by atoms with van der Waals surface area (Å²) in [6.07, 6.45) is 1.94.